The molecule has 0 saturated carbocycles. The summed E-state index contributed by atoms with van der Waals surface area (Å²) in [7, 11) is 0. The van der Waals surface area contributed by atoms with Crippen LogP contribution < -0.4 is 5.73 Å². The van der Waals surface area contributed by atoms with Crippen molar-refractivity contribution in [2.24, 2.45) is 0 Å². The highest BCUT2D eigenvalue weighted by Gasteiger charge is 2.35. The van der Waals surface area contributed by atoms with Crippen LogP contribution in [0.1, 0.15) is 35.8 Å². The van der Waals surface area contributed by atoms with Gasteiger partial charge in [0.1, 0.15) is 18.0 Å². The second-order valence-corrected chi connectivity index (χ2v) is 8.58. The summed E-state index contributed by atoms with van der Waals surface area (Å²) in [6.45, 7) is 6.48. The monoisotopic (exact) mass is 449 g/mol. The minimum absolute atomic E-state index is 0.100. The maximum atomic E-state index is 5.72. The zero-order chi connectivity index (χ0) is 23.2. The number of anilines is 1. The van der Waals surface area contributed by atoms with Gasteiger partial charge < -0.3 is 15.6 Å². The molecule has 3 N–H and O–H groups in total. The third-order valence-corrected chi connectivity index (χ3v) is 6.32. The van der Waals surface area contributed by atoms with Crippen molar-refractivity contribution in [3.8, 4) is 16.9 Å². The Labute approximate surface area is 196 Å². The number of nitrogens with one attached hydrogen (secondary N) is 1. The fourth-order valence-corrected chi connectivity index (χ4v) is 4.72. The third kappa shape index (κ3) is 3.38. The smallest absolute Gasteiger partial charge is 0.143 e. The van der Waals surface area contributed by atoms with Gasteiger partial charge in [-0.15, -0.1) is 5.10 Å². The van der Waals surface area contributed by atoms with Gasteiger partial charge in [-0.1, -0.05) is 18.2 Å². The van der Waals surface area contributed by atoms with Crippen molar-refractivity contribution >= 4 is 11.4 Å². The molecule has 1 saturated heterocycles. The first-order chi connectivity index (χ1) is 16.6. The van der Waals surface area contributed by atoms with E-state index in [1.807, 2.05) is 18.3 Å². The lowest BCUT2D eigenvalue weighted by atomic mass is 9.97. The van der Waals surface area contributed by atoms with Crippen LogP contribution in [-0.4, -0.2) is 40.1 Å². The highest BCUT2D eigenvalue weighted by atomic mass is 15.5. The molecule has 0 radical (unpaired) electrons. The Morgan fingerprint density at radius 1 is 1.12 bits per heavy atom. The molecule has 0 spiro atoms. The van der Waals surface area contributed by atoms with Crippen LogP contribution in [0, 0.1) is 6.92 Å². The topological polar surface area (TPSA) is 114 Å². The van der Waals surface area contributed by atoms with E-state index < -0.39 is 0 Å². The van der Waals surface area contributed by atoms with Gasteiger partial charge in [0.25, 0.3) is 0 Å². The van der Waals surface area contributed by atoms with Crippen LogP contribution in [0.2, 0.25) is 0 Å². The number of tetrazole rings is 1. The fourth-order valence-electron chi connectivity index (χ4n) is 4.72. The Bertz CT molecular complexity index is 1440. The lowest BCUT2D eigenvalue weighted by Crippen LogP contribution is -2.23. The standard InChI is InChI=1S/C25H23N9/c1-15-3-6-22(33-14-29-31-32-33)20(9-15)18-10-16(2)34-19(11-18)5-7-23(34)25-28-13-21(30-25)17-4-8-24(26)27-12-17/h3-4,6,8-14,23H,2,5,7H2,1H3,(H2,26,27)(H,28,30). The number of pyridine rings is 1. The van der Waals surface area contributed by atoms with Crippen LogP contribution in [-0.2, 0) is 0 Å². The highest BCUT2D eigenvalue weighted by molar-refractivity contribution is 5.83. The van der Waals surface area contributed by atoms with Gasteiger partial charge in [-0.25, -0.2) is 9.97 Å². The van der Waals surface area contributed by atoms with Crippen LogP contribution >= 0.6 is 0 Å². The molecule has 9 nitrogen and oxygen atoms in total. The van der Waals surface area contributed by atoms with Crippen LogP contribution in [0.4, 0.5) is 5.82 Å². The fraction of sp³-hybridized carbons (Fsp3) is 0.160. The minimum atomic E-state index is 0.100. The largest absolute Gasteiger partial charge is 0.384 e. The summed E-state index contributed by atoms with van der Waals surface area (Å²) in [4.78, 5) is 14.6. The molecule has 34 heavy (non-hydrogen) atoms. The van der Waals surface area contributed by atoms with Crippen molar-refractivity contribution in [2.45, 2.75) is 25.8 Å². The van der Waals surface area contributed by atoms with Gasteiger partial charge in [-0.2, -0.15) is 4.68 Å². The van der Waals surface area contributed by atoms with E-state index in [2.05, 4.69) is 73.2 Å². The van der Waals surface area contributed by atoms with Crippen LogP contribution in [0.25, 0.3) is 22.5 Å². The third-order valence-electron chi connectivity index (χ3n) is 6.32. The molecule has 0 bridgehead atoms. The van der Waals surface area contributed by atoms with Crippen molar-refractivity contribution in [1.29, 1.82) is 0 Å². The SMILES string of the molecule is C=C1C=C(c2cc(C)ccc2-n2cnnn2)C=C2CCC(c3ncc(-c4ccc(N)nc4)[nH]3)N12. The van der Waals surface area contributed by atoms with Gasteiger partial charge in [0, 0.05) is 28.7 Å². The Balaban J connectivity index is 1.32. The molecule has 1 fully saturated rings. The maximum Gasteiger partial charge on any atom is 0.143 e. The number of imidazole rings is 1. The number of aromatic amines is 1. The molecule has 5 heterocycles. The van der Waals surface area contributed by atoms with Gasteiger partial charge in [-0.3, -0.25) is 0 Å². The van der Waals surface area contributed by atoms with Crippen LogP contribution in [0.3, 0.4) is 0 Å². The summed E-state index contributed by atoms with van der Waals surface area (Å²) < 4.78 is 1.69. The van der Waals surface area contributed by atoms with Crippen molar-refractivity contribution in [3.63, 3.8) is 0 Å². The molecule has 9 heteroatoms. The normalized spacial score (nSPS) is 17.5. The molecular formula is C25H23N9. The first-order valence-corrected chi connectivity index (χ1v) is 11.1. The van der Waals surface area contributed by atoms with E-state index in [4.69, 9.17) is 5.73 Å². The number of nitrogens with zero attached hydrogens (tertiary/aromatic N) is 7. The molecule has 2 aliphatic rings. The Hall–Kier alpha value is -4.53. The molecule has 0 amide bonds. The van der Waals surface area contributed by atoms with Gasteiger partial charge in [0.05, 0.1) is 23.6 Å². The highest BCUT2D eigenvalue weighted by Crippen LogP contribution is 2.45. The molecule has 1 unspecified atom stereocenters. The zero-order valence-corrected chi connectivity index (χ0v) is 18.7. The molecule has 0 aliphatic carbocycles. The number of fused-ring (bicyclic) bond motifs is 1. The van der Waals surface area contributed by atoms with Crippen molar-refractivity contribution < 1.29 is 0 Å². The van der Waals surface area contributed by atoms with Crippen molar-refractivity contribution in [3.05, 3.63) is 96.1 Å². The van der Waals surface area contributed by atoms with Crippen LogP contribution in [0.5, 0.6) is 0 Å². The number of nitrogens with two attached hydrogens (primary N) is 1. The average Bonchev–Trinajstić information content (AvgIpc) is 3.60. The summed E-state index contributed by atoms with van der Waals surface area (Å²) in [5, 5.41) is 11.7. The maximum absolute atomic E-state index is 5.72. The molecule has 2 aliphatic heterocycles. The minimum Gasteiger partial charge on any atom is -0.384 e. The molecule has 1 aromatic carbocycles. The molecular weight excluding hydrogens is 426 g/mol. The average molecular weight is 450 g/mol. The molecule has 3 aromatic heterocycles. The number of aryl methyl sites for hydroxylation is 1. The summed E-state index contributed by atoms with van der Waals surface area (Å²) in [6, 6.07) is 10.1. The molecule has 4 aromatic rings. The number of hydrogen-bond acceptors (Lipinski definition) is 7. The van der Waals surface area contributed by atoms with E-state index in [0.29, 0.717) is 5.82 Å². The first kappa shape index (κ1) is 20.1. The van der Waals surface area contributed by atoms with E-state index in [1.165, 1.54) is 11.3 Å². The number of hydrogen-bond donors (Lipinski definition) is 2. The predicted molar refractivity (Wildman–Crippen MR) is 129 cm³/mol. The Kier molecular flexibility index (Phi) is 4.61. The number of allylic oxidation sites excluding steroid dienone is 4. The summed E-state index contributed by atoms with van der Waals surface area (Å²) >= 11 is 0. The summed E-state index contributed by atoms with van der Waals surface area (Å²) in [5.41, 5.74) is 14.0. The summed E-state index contributed by atoms with van der Waals surface area (Å²) in [6.07, 6.45) is 11.5. The Morgan fingerprint density at radius 3 is 2.82 bits per heavy atom. The number of aromatic nitrogens is 7. The number of benzene rings is 1. The van der Waals surface area contributed by atoms with E-state index in [-0.39, 0.29) is 6.04 Å². The number of nitrogen functional groups attached to an aromatic ring is 1. The van der Waals surface area contributed by atoms with E-state index in [0.717, 1.165) is 52.4 Å². The lowest BCUT2D eigenvalue weighted by molar-refractivity contribution is 0.366. The number of H-pyrrole nitrogens is 1. The van der Waals surface area contributed by atoms with Crippen molar-refractivity contribution in [2.75, 3.05) is 5.73 Å². The Morgan fingerprint density at radius 2 is 2.03 bits per heavy atom. The van der Waals surface area contributed by atoms with Gasteiger partial charge in [-0.05, 0) is 72.2 Å². The van der Waals surface area contributed by atoms with E-state index >= 15 is 0 Å². The molecule has 6 rings (SSSR count). The second kappa shape index (κ2) is 7.80. The lowest BCUT2D eigenvalue weighted by Gasteiger charge is -2.31. The van der Waals surface area contributed by atoms with Gasteiger partial charge in [0.2, 0.25) is 0 Å². The first-order valence-electron chi connectivity index (χ1n) is 11.1. The number of rotatable bonds is 4. The van der Waals surface area contributed by atoms with E-state index in [1.54, 1.807) is 23.3 Å². The molecule has 1 atom stereocenters. The zero-order valence-electron chi connectivity index (χ0n) is 18.7. The second-order valence-electron chi connectivity index (χ2n) is 8.58. The van der Waals surface area contributed by atoms with Gasteiger partial charge >= 0.3 is 0 Å². The van der Waals surface area contributed by atoms with Crippen molar-refractivity contribution in [1.82, 2.24) is 40.1 Å². The van der Waals surface area contributed by atoms with Crippen LogP contribution in [0.15, 0.2) is 79.2 Å². The van der Waals surface area contributed by atoms with Gasteiger partial charge in [0.15, 0.2) is 0 Å². The van der Waals surface area contributed by atoms with E-state index in [9.17, 15) is 0 Å². The summed E-state index contributed by atoms with van der Waals surface area (Å²) in [5.74, 6) is 1.41. The molecule has 168 valence electrons. The predicted octanol–water partition coefficient (Wildman–Crippen LogP) is 3.97. The quantitative estimate of drug-likeness (QED) is 0.484.